The van der Waals surface area contributed by atoms with Crippen LogP contribution >= 0.6 is 0 Å². The molecule has 0 saturated heterocycles. The van der Waals surface area contributed by atoms with Gasteiger partial charge in [-0.05, 0) is 11.6 Å². The van der Waals surface area contributed by atoms with Crippen LogP contribution in [-0.4, -0.2) is 5.84 Å². The molecular formula is C8H9FN2. The first-order valence-electron chi connectivity index (χ1n) is 3.26. The molecule has 0 unspecified atom stereocenters. The Bertz CT molecular complexity index is 271. The van der Waals surface area contributed by atoms with Crippen molar-refractivity contribution in [3.05, 3.63) is 35.6 Å². The first kappa shape index (κ1) is 7.72. The third-order valence-electron chi connectivity index (χ3n) is 1.34. The van der Waals surface area contributed by atoms with Crippen molar-refractivity contribution < 1.29 is 4.39 Å². The summed E-state index contributed by atoms with van der Waals surface area (Å²) in [6.07, 6.45) is 0.187. The maximum Gasteiger partial charge on any atom is 0.126 e. The van der Waals surface area contributed by atoms with Crippen LogP contribution in [0.15, 0.2) is 24.3 Å². The molecule has 0 aromatic heterocycles. The van der Waals surface area contributed by atoms with Gasteiger partial charge in [0.05, 0.1) is 5.84 Å². The molecule has 1 rings (SSSR count). The second-order valence-electron chi connectivity index (χ2n) is 2.29. The molecule has 1 aromatic rings. The Balaban J connectivity index is 2.86. The third kappa shape index (κ3) is 2.04. The highest BCUT2D eigenvalue weighted by Gasteiger charge is 2.00. The summed E-state index contributed by atoms with van der Waals surface area (Å²) in [4.78, 5) is 0. The van der Waals surface area contributed by atoms with Gasteiger partial charge in [-0.1, -0.05) is 18.2 Å². The Kier molecular flexibility index (Phi) is 2.21. The maximum atomic E-state index is 12.8. The van der Waals surface area contributed by atoms with Crippen molar-refractivity contribution in [2.24, 2.45) is 5.73 Å². The zero-order chi connectivity index (χ0) is 8.27. The van der Waals surface area contributed by atoms with E-state index in [1.165, 1.54) is 6.07 Å². The molecule has 0 atom stereocenters. The molecule has 0 heterocycles. The van der Waals surface area contributed by atoms with Crippen LogP contribution in [0.1, 0.15) is 5.56 Å². The summed E-state index contributed by atoms with van der Waals surface area (Å²) in [6, 6.07) is 6.31. The van der Waals surface area contributed by atoms with E-state index in [4.69, 9.17) is 11.1 Å². The van der Waals surface area contributed by atoms with Gasteiger partial charge in [0, 0.05) is 6.42 Å². The Hall–Kier alpha value is -1.38. The fourth-order valence-electron chi connectivity index (χ4n) is 0.847. The van der Waals surface area contributed by atoms with E-state index in [2.05, 4.69) is 0 Å². The minimum absolute atomic E-state index is 0.0184. The molecule has 3 heteroatoms. The van der Waals surface area contributed by atoms with E-state index in [0.29, 0.717) is 5.56 Å². The molecule has 0 fully saturated rings. The molecule has 0 bridgehead atoms. The standard InChI is InChI=1S/C8H9FN2/c9-7-4-2-1-3-6(7)5-8(10)11/h1-4H,5H2,(H3,10,11). The lowest BCUT2D eigenvalue weighted by Crippen LogP contribution is -2.13. The molecule has 3 N–H and O–H groups in total. The fraction of sp³-hybridized carbons (Fsp3) is 0.125. The Morgan fingerprint density at radius 1 is 1.45 bits per heavy atom. The largest absolute Gasteiger partial charge is 0.387 e. The van der Waals surface area contributed by atoms with Gasteiger partial charge in [0.1, 0.15) is 5.82 Å². The van der Waals surface area contributed by atoms with Gasteiger partial charge in [-0.25, -0.2) is 4.39 Å². The lowest BCUT2D eigenvalue weighted by atomic mass is 10.1. The molecule has 1 aromatic carbocycles. The van der Waals surface area contributed by atoms with Crippen LogP contribution in [0, 0.1) is 11.2 Å². The summed E-state index contributed by atoms with van der Waals surface area (Å²) in [5.41, 5.74) is 5.58. The molecule has 11 heavy (non-hydrogen) atoms. The van der Waals surface area contributed by atoms with E-state index in [0.717, 1.165) is 0 Å². The van der Waals surface area contributed by atoms with Crippen molar-refractivity contribution >= 4 is 5.84 Å². The second kappa shape index (κ2) is 3.14. The summed E-state index contributed by atoms with van der Waals surface area (Å²) < 4.78 is 12.8. The summed E-state index contributed by atoms with van der Waals surface area (Å²) in [5.74, 6) is -0.321. The van der Waals surface area contributed by atoms with Crippen LogP contribution in [-0.2, 0) is 6.42 Å². The second-order valence-corrected chi connectivity index (χ2v) is 2.29. The van der Waals surface area contributed by atoms with Gasteiger partial charge in [-0.15, -0.1) is 0 Å². The minimum Gasteiger partial charge on any atom is -0.387 e. The number of rotatable bonds is 2. The number of nitrogens with one attached hydrogen (secondary N) is 1. The lowest BCUT2D eigenvalue weighted by Gasteiger charge is -1.99. The van der Waals surface area contributed by atoms with Gasteiger partial charge in [0.2, 0.25) is 0 Å². The lowest BCUT2D eigenvalue weighted by molar-refractivity contribution is 0.616. The summed E-state index contributed by atoms with van der Waals surface area (Å²) in [7, 11) is 0. The van der Waals surface area contributed by atoms with Gasteiger partial charge in [-0.2, -0.15) is 0 Å². The van der Waals surface area contributed by atoms with E-state index in [-0.39, 0.29) is 18.1 Å². The highest BCUT2D eigenvalue weighted by molar-refractivity contribution is 5.79. The Labute approximate surface area is 64.4 Å². The summed E-state index contributed by atoms with van der Waals surface area (Å²) >= 11 is 0. The monoisotopic (exact) mass is 152 g/mol. The molecule has 0 aliphatic heterocycles. The zero-order valence-corrected chi connectivity index (χ0v) is 5.97. The highest BCUT2D eigenvalue weighted by Crippen LogP contribution is 2.05. The Morgan fingerprint density at radius 3 is 2.64 bits per heavy atom. The molecular weight excluding hydrogens is 143 g/mol. The molecule has 0 spiro atoms. The van der Waals surface area contributed by atoms with Crippen LogP contribution in [0.4, 0.5) is 4.39 Å². The topological polar surface area (TPSA) is 49.9 Å². The molecule has 0 radical (unpaired) electrons. The van der Waals surface area contributed by atoms with Crippen molar-refractivity contribution in [1.82, 2.24) is 0 Å². The van der Waals surface area contributed by atoms with Crippen LogP contribution in [0.2, 0.25) is 0 Å². The molecule has 0 aliphatic rings. The van der Waals surface area contributed by atoms with Crippen molar-refractivity contribution in [3.8, 4) is 0 Å². The number of nitrogens with two attached hydrogens (primary N) is 1. The van der Waals surface area contributed by atoms with E-state index in [1.54, 1.807) is 18.2 Å². The molecule has 2 nitrogen and oxygen atoms in total. The van der Waals surface area contributed by atoms with E-state index < -0.39 is 0 Å². The predicted octanol–water partition coefficient (Wildman–Crippen LogP) is 1.30. The molecule has 0 amide bonds. The van der Waals surface area contributed by atoms with Crippen molar-refractivity contribution in [3.63, 3.8) is 0 Å². The van der Waals surface area contributed by atoms with Crippen molar-refractivity contribution in [2.45, 2.75) is 6.42 Å². The number of hydrogen-bond donors (Lipinski definition) is 2. The van der Waals surface area contributed by atoms with E-state index in [1.807, 2.05) is 0 Å². The van der Waals surface area contributed by atoms with Crippen LogP contribution in [0.3, 0.4) is 0 Å². The van der Waals surface area contributed by atoms with E-state index >= 15 is 0 Å². The SMILES string of the molecule is N=C(N)Cc1ccccc1F. The predicted molar refractivity (Wildman–Crippen MR) is 42.0 cm³/mol. The number of amidine groups is 1. The Morgan fingerprint density at radius 2 is 2.09 bits per heavy atom. The molecule has 58 valence electrons. The van der Waals surface area contributed by atoms with E-state index in [9.17, 15) is 4.39 Å². The van der Waals surface area contributed by atoms with Gasteiger partial charge >= 0.3 is 0 Å². The maximum absolute atomic E-state index is 12.8. The number of benzene rings is 1. The summed E-state index contributed by atoms with van der Waals surface area (Å²) in [6.45, 7) is 0. The van der Waals surface area contributed by atoms with Gasteiger partial charge in [-0.3, -0.25) is 5.41 Å². The van der Waals surface area contributed by atoms with Crippen molar-refractivity contribution in [2.75, 3.05) is 0 Å². The average Bonchev–Trinajstić information content (AvgIpc) is 1.93. The molecule has 0 aliphatic carbocycles. The number of hydrogen-bond acceptors (Lipinski definition) is 1. The van der Waals surface area contributed by atoms with Crippen molar-refractivity contribution in [1.29, 1.82) is 5.41 Å². The first-order valence-corrected chi connectivity index (χ1v) is 3.26. The van der Waals surface area contributed by atoms with Crippen LogP contribution in [0.25, 0.3) is 0 Å². The van der Waals surface area contributed by atoms with Crippen LogP contribution in [0.5, 0.6) is 0 Å². The quantitative estimate of drug-likeness (QED) is 0.487. The van der Waals surface area contributed by atoms with Gasteiger partial charge < -0.3 is 5.73 Å². The average molecular weight is 152 g/mol. The number of halogens is 1. The highest BCUT2D eigenvalue weighted by atomic mass is 19.1. The fourth-order valence-corrected chi connectivity index (χ4v) is 0.847. The first-order chi connectivity index (χ1) is 5.20. The van der Waals surface area contributed by atoms with Crippen LogP contribution < -0.4 is 5.73 Å². The smallest absolute Gasteiger partial charge is 0.126 e. The minimum atomic E-state index is -0.303. The molecule has 0 saturated carbocycles. The zero-order valence-electron chi connectivity index (χ0n) is 5.97. The van der Waals surface area contributed by atoms with Gasteiger partial charge in [0.15, 0.2) is 0 Å². The summed E-state index contributed by atoms with van der Waals surface area (Å²) in [5, 5.41) is 6.94. The third-order valence-corrected chi connectivity index (χ3v) is 1.34. The van der Waals surface area contributed by atoms with Gasteiger partial charge in [0.25, 0.3) is 0 Å². The normalized spacial score (nSPS) is 9.55.